The molecule has 0 amide bonds. The lowest BCUT2D eigenvalue weighted by atomic mass is 10.0. The molecule has 2 aromatic heterocycles. The van der Waals surface area contributed by atoms with Crippen LogP contribution >= 0.6 is 11.6 Å². The molecule has 0 atom stereocenters. The van der Waals surface area contributed by atoms with E-state index in [0.29, 0.717) is 27.2 Å². The van der Waals surface area contributed by atoms with Crippen LogP contribution in [0, 0.1) is 13.8 Å². The Labute approximate surface area is 143 Å². The molecule has 0 aliphatic carbocycles. The van der Waals surface area contributed by atoms with Crippen molar-refractivity contribution in [3.8, 4) is 0 Å². The predicted molar refractivity (Wildman–Crippen MR) is 89.2 cm³/mol. The average Bonchev–Trinajstić information content (AvgIpc) is 2.87. The lowest BCUT2D eigenvalue weighted by Gasteiger charge is -2.08. The van der Waals surface area contributed by atoms with Gasteiger partial charge >= 0.3 is 0 Å². The summed E-state index contributed by atoms with van der Waals surface area (Å²) in [6.45, 7) is 3.70. The van der Waals surface area contributed by atoms with Crippen molar-refractivity contribution in [2.45, 2.75) is 20.3 Å². The van der Waals surface area contributed by atoms with Gasteiger partial charge in [-0.15, -0.1) is 0 Å². The van der Waals surface area contributed by atoms with Crippen LogP contribution in [-0.2, 0) is 11.2 Å². The molecule has 2 heterocycles. The molecule has 0 saturated heterocycles. The third-order valence-electron chi connectivity index (χ3n) is 4.11. The fourth-order valence-corrected chi connectivity index (χ4v) is 2.89. The Morgan fingerprint density at radius 1 is 1.25 bits per heavy atom. The van der Waals surface area contributed by atoms with Gasteiger partial charge < -0.3 is 14.9 Å². The highest BCUT2D eigenvalue weighted by Crippen LogP contribution is 2.28. The number of aryl methyl sites for hydroxylation is 1. The Kier molecular flexibility index (Phi) is 4.11. The minimum absolute atomic E-state index is 0.206. The second kappa shape index (κ2) is 6.09. The van der Waals surface area contributed by atoms with E-state index < -0.39 is 5.97 Å². The van der Waals surface area contributed by atoms with Crippen LogP contribution in [0.15, 0.2) is 30.5 Å². The molecule has 0 bridgehead atoms. The first kappa shape index (κ1) is 16.2. The average molecular weight is 342 g/mol. The summed E-state index contributed by atoms with van der Waals surface area (Å²) in [4.78, 5) is 31.2. The Hall–Kier alpha value is -2.66. The van der Waals surface area contributed by atoms with Gasteiger partial charge in [0.15, 0.2) is 0 Å². The molecule has 1 N–H and O–H groups in total. The zero-order valence-corrected chi connectivity index (χ0v) is 13.9. The monoisotopic (exact) mass is 341 g/mol. The maximum Gasteiger partial charge on any atom is 0.228 e. The molecule has 122 valence electrons. The molecule has 0 saturated carbocycles. The van der Waals surface area contributed by atoms with E-state index >= 15 is 0 Å². The largest absolute Gasteiger partial charge is 0.550 e. The topological polar surface area (TPSA) is 85.9 Å². The van der Waals surface area contributed by atoms with E-state index in [2.05, 4.69) is 9.97 Å². The Morgan fingerprint density at radius 3 is 2.71 bits per heavy atom. The highest BCUT2D eigenvalue weighted by Gasteiger charge is 2.22. The minimum Gasteiger partial charge on any atom is -0.550 e. The molecule has 3 aromatic rings. The number of aromatic amines is 1. The van der Waals surface area contributed by atoms with Crippen molar-refractivity contribution < 1.29 is 14.7 Å². The van der Waals surface area contributed by atoms with E-state index in [1.165, 1.54) is 0 Å². The van der Waals surface area contributed by atoms with Crippen LogP contribution in [0.5, 0.6) is 0 Å². The summed E-state index contributed by atoms with van der Waals surface area (Å²) in [5.74, 6) is -1.61. The number of carbonyl (C=O) groups is 2. The molecule has 0 aliphatic rings. The fraction of sp³-hybridized carbons (Fsp3) is 0.167. The SMILES string of the molecule is Cc1ccnc(C(=O)c2[nH]c3ccc(Cl)cc3c2CC(=O)[O-])c1C. The number of nitrogens with zero attached hydrogens (tertiary/aromatic N) is 1. The smallest absolute Gasteiger partial charge is 0.228 e. The lowest BCUT2D eigenvalue weighted by molar-refractivity contribution is -0.304. The number of ketones is 1. The second-order valence-electron chi connectivity index (χ2n) is 5.65. The van der Waals surface area contributed by atoms with E-state index in [9.17, 15) is 14.7 Å². The van der Waals surface area contributed by atoms with Gasteiger partial charge in [0.2, 0.25) is 5.78 Å². The number of pyridine rings is 1. The normalized spacial score (nSPS) is 11.0. The van der Waals surface area contributed by atoms with E-state index in [-0.39, 0.29) is 17.9 Å². The molecule has 5 nitrogen and oxygen atoms in total. The first-order chi connectivity index (χ1) is 11.4. The van der Waals surface area contributed by atoms with Gasteiger partial charge in [-0.3, -0.25) is 9.78 Å². The van der Waals surface area contributed by atoms with Crippen molar-refractivity contribution in [2.24, 2.45) is 0 Å². The number of aromatic nitrogens is 2. The number of carboxylic acid groups (broad SMARTS) is 1. The zero-order chi connectivity index (χ0) is 17.4. The highest BCUT2D eigenvalue weighted by molar-refractivity contribution is 6.31. The standard InChI is InChI=1S/C18H15ClN2O3/c1-9-5-6-20-16(10(9)2)18(24)17-13(8-15(22)23)12-7-11(19)3-4-14(12)21-17/h3-7,21H,8H2,1-2H3,(H,22,23)/p-1. The number of benzene rings is 1. The quantitative estimate of drug-likeness (QED) is 0.738. The van der Waals surface area contributed by atoms with Gasteiger partial charge in [0.1, 0.15) is 5.69 Å². The maximum atomic E-state index is 12.9. The van der Waals surface area contributed by atoms with Gasteiger partial charge in [0, 0.05) is 34.5 Å². The molecular formula is C18H14ClN2O3-. The van der Waals surface area contributed by atoms with E-state index in [1.54, 1.807) is 24.4 Å². The van der Waals surface area contributed by atoms with Crippen LogP contribution in [0.1, 0.15) is 32.9 Å². The molecule has 1 aromatic carbocycles. The van der Waals surface area contributed by atoms with Gasteiger partial charge in [-0.1, -0.05) is 11.6 Å². The van der Waals surface area contributed by atoms with Gasteiger partial charge in [-0.2, -0.15) is 0 Å². The molecule has 24 heavy (non-hydrogen) atoms. The summed E-state index contributed by atoms with van der Waals surface area (Å²) in [6, 6.07) is 6.84. The number of hydrogen-bond donors (Lipinski definition) is 1. The van der Waals surface area contributed by atoms with E-state index in [1.807, 2.05) is 19.9 Å². The second-order valence-corrected chi connectivity index (χ2v) is 6.08. The van der Waals surface area contributed by atoms with Crippen molar-refractivity contribution >= 4 is 34.3 Å². The maximum absolute atomic E-state index is 12.9. The summed E-state index contributed by atoms with van der Waals surface area (Å²) >= 11 is 6.00. The molecule has 0 radical (unpaired) electrons. The molecule has 3 rings (SSSR count). The van der Waals surface area contributed by atoms with Crippen LogP contribution in [0.4, 0.5) is 0 Å². The number of halogens is 1. The van der Waals surface area contributed by atoms with Gasteiger partial charge in [-0.05, 0) is 54.8 Å². The number of carbonyl (C=O) groups excluding carboxylic acids is 2. The number of fused-ring (bicyclic) bond motifs is 1. The number of nitrogens with one attached hydrogen (secondary N) is 1. The van der Waals surface area contributed by atoms with Crippen molar-refractivity contribution in [2.75, 3.05) is 0 Å². The highest BCUT2D eigenvalue weighted by atomic mass is 35.5. The van der Waals surface area contributed by atoms with Gasteiger partial charge in [-0.25, -0.2) is 0 Å². The van der Waals surface area contributed by atoms with Crippen molar-refractivity contribution in [3.05, 3.63) is 63.6 Å². The minimum atomic E-state index is -1.26. The summed E-state index contributed by atoms with van der Waals surface area (Å²) < 4.78 is 0. The van der Waals surface area contributed by atoms with Crippen LogP contribution < -0.4 is 5.11 Å². The summed E-state index contributed by atoms with van der Waals surface area (Å²) in [7, 11) is 0. The number of H-pyrrole nitrogens is 1. The first-order valence-corrected chi connectivity index (χ1v) is 7.73. The lowest BCUT2D eigenvalue weighted by Crippen LogP contribution is -2.25. The Balaban J connectivity index is 2.23. The summed E-state index contributed by atoms with van der Waals surface area (Å²) in [6.07, 6.45) is 1.18. The van der Waals surface area contributed by atoms with Gasteiger partial charge in [0.05, 0.1) is 5.69 Å². The third-order valence-corrected chi connectivity index (χ3v) is 4.34. The molecular weight excluding hydrogens is 328 g/mol. The van der Waals surface area contributed by atoms with Crippen molar-refractivity contribution in [3.63, 3.8) is 0 Å². The first-order valence-electron chi connectivity index (χ1n) is 7.35. The molecule has 0 spiro atoms. The number of hydrogen-bond acceptors (Lipinski definition) is 4. The molecule has 0 fully saturated rings. The Bertz CT molecular complexity index is 976. The van der Waals surface area contributed by atoms with E-state index in [4.69, 9.17) is 11.6 Å². The number of carboxylic acids is 1. The van der Waals surface area contributed by atoms with Crippen molar-refractivity contribution in [1.82, 2.24) is 9.97 Å². The molecule has 6 heteroatoms. The van der Waals surface area contributed by atoms with Crippen molar-refractivity contribution in [1.29, 1.82) is 0 Å². The van der Waals surface area contributed by atoms with Crippen LogP contribution in [0.2, 0.25) is 5.02 Å². The summed E-state index contributed by atoms with van der Waals surface area (Å²) in [5.41, 5.74) is 3.21. The van der Waals surface area contributed by atoms with E-state index in [0.717, 1.165) is 11.1 Å². The number of aliphatic carboxylic acids is 1. The molecule has 0 unspecified atom stereocenters. The Morgan fingerprint density at radius 2 is 2.00 bits per heavy atom. The summed E-state index contributed by atoms with van der Waals surface area (Å²) in [5, 5.41) is 12.2. The van der Waals surface area contributed by atoms with Crippen LogP contribution in [0.25, 0.3) is 10.9 Å². The van der Waals surface area contributed by atoms with Gasteiger partial charge in [0.25, 0.3) is 0 Å². The molecule has 0 aliphatic heterocycles. The fourth-order valence-electron chi connectivity index (χ4n) is 2.72. The van der Waals surface area contributed by atoms with Crippen LogP contribution in [0.3, 0.4) is 0 Å². The number of rotatable bonds is 4. The van der Waals surface area contributed by atoms with Crippen LogP contribution in [-0.4, -0.2) is 21.7 Å². The predicted octanol–water partition coefficient (Wildman–Crippen LogP) is 2.36. The third kappa shape index (κ3) is 2.78. The zero-order valence-electron chi connectivity index (χ0n) is 13.1.